The van der Waals surface area contributed by atoms with Crippen molar-refractivity contribution in [1.82, 2.24) is 29.6 Å². The number of aromatic nitrogens is 5. The molecule has 0 spiro atoms. The Balaban J connectivity index is 1.29. The molecule has 8 heteroatoms. The molecule has 0 radical (unpaired) electrons. The lowest BCUT2D eigenvalue weighted by atomic mass is 9.93. The summed E-state index contributed by atoms with van der Waals surface area (Å²) in [6.45, 7) is 1.98. The van der Waals surface area contributed by atoms with Crippen LogP contribution in [0.15, 0.2) is 47.8 Å². The number of piperidine rings is 1. The molecule has 1 aliphatic heterocycles. The maximum atomic E-state index is 12.5. The van der Waals surface area contributed by atoms with Crippen LogP contribution in [-0.2, 0) is 17.8 Å². The molecule has 3 aromatic heterocycles. The van der Waals surface area contributed by atoms with Crippen LogP contribution in [0.3, 0.4) is 0 Å². The molecular weight excluding hydrogens is 344 g/mol. The quantitative estimate of drug-likeness (QED) is 0.664. The second-order valence-electron chi connectivity index (χ2n) is 6.87. The predicted octanol–water partition coefficient (Wildman–Crippen LogP) is 2.20. The van der Waals surface area contributed by atoms with Crippen LogP contribution in [-0.4, -0.2) is 48.6 Å². The lowest BCUT2D eigenvalue weighted by molar-refractivity contribution is -0.133. The third kappa shape index (κ3) is 4.39. The summed E-state index contributed by atoms with van der Waals surface area (Å²) in [5.41, 5.74) is 0.873. The lowest BCUT2D eigenvalue weighted by Crippen LogP contribution is -2.41. The van der Waals surface area contributed by atoms with Gasteiger partial charge in [0.1, 0.15) is 6.54 Å². The predicted molar refractivity (Wildman–Crippen MR) is 97.4 cm³/mol. The first kappa shape index (κ1) is 17.4. The Morgan fingerprint density at radius 1 is 1.22 bits per heavy atom. The normalized spacial score (nSPS) is 17.2. The number of imidazole rings is 1. The van der Waals surface area contributed by atoms with Crippen LogP contribution in [0.4, 0.5) is 0 Å². The van der Waals surface area contributed by atoms with Gasteiger partial charge in [0.2, 0.25) is 5.91 Å². The molecule has 0 N–H and O–H groups in total. The average molecular weight is 366 g/mol. The van der Waals surface area contributed by atoms with E-state index in [1.165, 1.54) is 0 Å². The monoisotopic (exact) mass is 366 g/mol. The number of hydrogen-bond donors (Lipinski definition) is 0. The van der Waals surface area contributed by atoms with Crippen molar-refractivity contribution < 1.29 is 9.32 Å². The number of aryl methyl sites for hydroxylation is 1. The SMILES string of the molecule is O=C(Cn1ccnc1)N1CCCC(CCc2noc(-c3ccncc3)n2)C1. The molecule has 0 aromatic carbocycles. The van der Waals surface area contributed by atoms with Crippen LogP contribution in [0.2, 0.25) is 0 Å². The van der Waals surface area contributed by atoms with Gasteiger partial charge in [0.05, 0.1) is 6.33 Å². The van der Waals surface area contributed by atoms with E-state index in [4.69, 9.17) is 4.52 Å². The number of nitrogens with zero attached hydrogens (tertiary/aromatic N) is 6. The fraction of sp³-hybridized carbons (Fsp3) is 0.421. The van der Waals surface area contributed by atoms with Crippen LogP contribution < -0.4 is 0 Å². The van der Waals surface area contributed by atoms with Gasteiger partial charge in [-0.25, -0.2) is 4.98 Å². The highest BCUT2D eigenvalue weighted by molar-refractivity contribution is 5.76. The minimum Gasteiger partial charge on any atom is -0.341 e. The molecule has 8 nitrogen and oxygen atoms in total. The summed E-state index contributed by atoms with van der Waals surface area (Å²) in [5.74, 6) is 1.85. The molecular formula is C19H22N6O2. The van der Waals surface area contributed by atoms with E-state index in [0.717, 1.165) is 44.3 Å². The summed E-state index contributed by atoms with van der Waals surface area (Å²) < 4.78 is 7.16. The van der Waals surface area contributed by atoms with Crippen molar-refractivity contribution in [3.8, 4) is 11.5 Å². The summed E-state index contributed by atoms with van der Waals surface area (Å²) in [7, 11) is 0. The van der Waals surface area contributed by atoms with Gasteiger partial charge in [0.25, 0.3) is 5.89 Å². The standard InChI is InChI=1S/C19H22N6O2/c26-18(13-24-11-9-21-14-24)25-10-1-2-15(12-25)3-4-17-22-19(27-23-17)16-5-7-20-8-6-16/h5-9,11,14-15H,1-4,10,12-13H2. The Morgan fingerprint density at radius 3 is 2.93 bits per heavy atom. The fourth-order valence-corrected chi connectivity index (χ4v) is 3.46. The van der Waals surface area contributed by atoms with Crippen molar-refractivity contribution in [2.45, 2.75) is 32.2 Å². The maximum absolute atomic E-state index is 12.5. The summed E-state index contributed by atoms with van der Waals surface area (Å²) in [4.78, 5) is 26.9. The molecule has 1 aliphatic rings. The van der Waals surface area contributed by atoms with Crippen LogP contribution in [0.25, 0.3) is 11.5 Å². The fourth-order valence-electron chi connectivity index (χ4n) is 3.46. The molecule has 4 rings (SSSR count). The zero-order valence-electron chi connectivity index (χ0n) is 15.1. The highest BCUT2D eigenvalue weighted by Crippen LogP contribution is 2.22. The largest absolute Gasteiger partial charge is 0.341 e. The van der Waals surface area contributed by atoms with Crippen LogP contribution >= 0.6 is 0 Å². The molecule has 3 aromatic rings. The van der Waals surface area contributed by atoms with Gasteiger partial charge in [-0.15, -0.1) is 0 Å². The molecule has 1 unspecified atom stereocenters. The van der Waals surface area contributed by atoms with Gasteiger partial charge in [-0.3, -0.25) is 9.78 Å². The van der Waals surface area contributed by atoms with E-state index in [1.54, 1.807) is 24.9 Å². The molecule has 27 heavy (non-hydrogen) atoms. The molecule has 1 fully saturated rings. The highest BCUT2D eigenvalue weighted by atomic mass is 16.5. The van der Waals surface area contributed by atoms with Crippen LogP contribution in [0.5, 0.6) is 0 Å². The van der Waals surface area contributed by atoms with E-state index in [9.17, 15) is 4.79 Å². The van der Waals surface area contributed by atoms with Crippen molar-refractivity contribution in [3.63, 3.8) is 0 Å². The molecule has 0 saturated carbocycles. The number of rotatable bonds is 6. The van der Waals surface area contributed by atoms with Crippen molar-refractivity contribution in [2.75, 3.05) is 13.1 Å². The Hall–Kier alpha value is -3.03. The zero-order valence-corrected chi connectivity index (χ0v) is 15.1. The summed E-state index contributed by atoms with van der Waals surface area (Å²) >= 11 is 0. The van der Waals surface area contributed by atoms with Crippen LogP contribution in [0, 0.1) is 5.92 Å². The van der Waals surface area contributed by atoms with E-state index >= 15 is 0 Å². The number of pyridine rings is 1. The minimum absolute atomic E-state index is 0.150. The molecule has 0 aliphatic carbocycles. The Morgan fingerprint density at radius 2 is 2.11 bits per heavy atom. The van der Waals surface area contributed by atoms with Crippen LogP contribution in [0.1, 0.15) is 25.1 Å². The van der Waals surface area contributed by atoms with Crippen molar-refractivity contribution in [2.24, 2.45) is 5.92 Å². The molecule has 140 valence electrons. The van der Waals surface area contributed by atoms with E-state index in [1.807, 2.05) is 27.8 Å². The van der Waals surface area contributed by atoms with Gasteiger partial charge in [-0.1, -0.05) is 5.16 Å². The first-order valence-electron chi connectivity index (χ1n) is 9.24. The van der Waals surface area contributed by atoms with E-state index in [2.05, 4.69) is 20.1 Å². The van der Waals surface area contributed by atoms with E-state index < -0.39 is 0 Å². The van der Waals surface area contributed by atoms with Gasteiger partial charge < -0.3 is 14.0 Å². The molecule has 4 heterocycles. The Labute approximate surface area is 157 Å². The third-order valence-electron chi connectivity index (χ3n) is 4.92. The molecule has 1 atom stereocenters. The maximum Gasteiger partial charge on any atom is 0.258 e. The smallest absolute Gasteiger partial charge is 0.258 e. The van der Waals surface area contributed by atoms with Gasteiger partial charge >= 0.3 is 0 Å². The zero-order chi connectivity index (χ0) is 18.5. The number of likely N-dealkylation sites (tertiary alicyclic amines) is 1. The Kier molecular flexibility index (Phi) is 5.22. The van der Waals surface area contributed by atoms with Gasteiger partial charge in [0, 0.05) is 49.9 Å². The topological polar surface area (TPSA) is 89.9 Å². The van der Waals surface area contributed by atoms with Gasteiger partial charge in [-0.05, 0) is 37.3 Å². The number of amides is 1. The second kappa shape index (κ2) is 8.11. The number of hydrogen-bond acceptors (Lipinski definition) is 6. The van der Waals surface area contributed by atoms with E-state index in [-0.39, 0.29) is 5.91 Å². The second-order valence-corrected chi connectivity index (χ2v) is 6.87. The first-order valence-corrected chi connectivity index (χ1v) is 9.24. The summed E-state index contributed by atoms with van der Waals surface area (Å²) in [5, 5.41) is 4.08. The Bertz CT molecular complexity index is 861. The van der Waals surface area contributed by atoms with Gasteiger partial charge in [-0.2, -0.15) is 4.98 Å². The number of carbonyl (C=O) groups is 1. The third-order valence-corrected chi connectivity index (χ3v) is 4.92. The molecule has 1 amide bonds. The van der Waals surface area contributed by atoms with Crippen molar-refractivity contribution >= 4 is 5.91 Å². The average Bonchev–Trinajstić information content (AvgIpc) is 3.39. The summed E-state index contributed by atoms with van der Waals surface area (Å²) in [6, 6.07) is 3.70. The minimum atomic E-state index is 0.150. The number of carbonyl (C=O) groups excluding carboxylic acids is 1. The highest BCUT2D eigenvalue weighted by Gasteiger charge is 2.24. The van der Waals surface area contributed by atoms with Gasteiger partial charge in [0.15, 0.2) is 5.82 Å². The lowest BCUT2D eigenvalue weighted by Gasteiger charge is -2.32. The van der Waals surface area contributed by atoms with E-state index in [0.29, 0.717) is 24.2 Å². The molecule has 0 bridgehead atoms. The summed E-state index contributed by atoms with van der Waals surface area (Å²) in [6.07, 6.45) is 12.5. The molecule has 1 saturated heterocycles. The first-order chi connectivity index (χ1) is 13.3. The van der Waals surface area contributed by atoms with Crippen molar-refractivity contribution in [3.05, 3.63) is 49.1 Å². The van der Waals surface area contributed by atoms with Crippen molar-refractivity contribution in [1.29, 1.82) is 0 Å².